The molecule has 7 nitrogen and oxygen atoms in total. The summed E-state index contributed by atoms with van der Waals surface area (Å²) in [4.78, 5) is 41.7. The molecule has 0 spiro atoms. The molecule has 1 unspecified atom stereocenters. The van der Waals surface area contributed by atoms with Gasteiger partial charge in [-0.05, 0) is 12.1 Å². The van der Waals surface area contributed by atoms with Gasteiger partial charge in [0, 0.05) is 52.8 Å². The molecule has 152 valence electrons. The second-order valence-electron chi connectivity index (χ2n) is 6.95. The lowest BCUT2D eigenvalue weighted by Gasteiger charge is -2.36. The Morgan fingerprint density at radius 3 is 2.32 bits per heavy atom. The number of carbonyl (C=O) groups is 3. The Bertz CT molecular complexity index is 745. The lowest BCUT2D eigenvalue weighted by Crippen LogP contribution is -2.52. The summed E-state index contributed by atoms with van der Waals surface area (Å²) in [5.74, 6) is -3.12. The van der Waals surface area contributed by atoms with E-state index >= 15 is 0 Å². The Hall–Kier alpha value is -2.55. The number of nitrogens with zero attached hydrogens (tertiary/aromatic N) is 3. The summed E-state index contributed by atoms with van der Waals surface area (Å²) < 4.78 is 32.6. The number of piperazine rings is 1. The molecule has 3 amide bonds. The maximum atomic E-state index is 13.8. The SMILES string of the molecule is COCCN1CC(C(=O)N2CCN(C(=O)c3c(F)cccc3F)CC2)CC1=O. The van der Waals surface area contributed by atoms with E-state index in [1.165, 1.54) is 11.0 Å². The third-order valence-corrected chi connectivity index (χ3v) is 5.18. The average molecular weight is 395 g/mol. The molecule has 2 fully saturated rings. The normalized spacial score (nSPS) is 20.0. The molecule has 2 heterocycles. The summed E-state index contributed by atoms with van der Waals surface area (Å²) in [7, 11) is 1.55. The number of rotatable bonds is 5. The molecule has 1 aromatic rings. The Balaban J connectivity index is 1.56. The van der Waals surface area contributed by atoms with E-state index in [0.29, 0.717) is 19.7 Å². The molecule has 2 saturated heterocycles. The fourth-order valence-corrected chi connectivity index (χ4v) is 3.60. The highest BCUT2D eigenvalue weighted by Gasteiger charge is 2.37. The van der Waals surface area contributed by atoms with E-state index in [9.17, 15) is 23.2 Å². The average Bonchev–Trinajstić information content (AvgIpc) is 3.06. The molecule has 3 rings (SSSR count). The molecule has 2 aliphatic heterocycles. The van der Waals surface area contributed by atoms with Crippen molar-refractivity contribution in [3.05, 3.63) is 35.4 Å². The highest BCUT2D eigenvalue weighted by molar-refractivity contribution is 5.95. The van der Waals surface area contributed by atoms with Crippen molar-refractivity contribution in [2.45, 2.75) is 6.42 Å². The fraction of sp³-hybridized carbons (Fsp3) is 0.526. The molecule has 9 heteroatoms. The smallest absolute Gasteiger partial charge is 0.259 e. The van der Waals surface area contributed by atoms with Crippen molar-refractivity contribution >= 4 is 17.7 Å². The number of halogens is 2. The van der Waals surface area contributed by atoms with Crippen LogP contribution in [-0.4, -0.2) is 85.4 Å². The predicted octanol–water partition coefficient (Wildman–Crippen LogP) is 0.744. The summed E-state index contributed by atoms with van der Waals surface area (Å²) in [5, 5.41) is 0. The van der Waals surface area contributed by atoms with Crippen molar-refractivity contribution in [3.8, 4) is 0 Å². The first-order chi connectivity index (χ1) is 13.4. The minimum Gasteiger partial charge on any atom is -0.383 e. The van der Waals surface area contributed by atoms with Gasteiger partial charge >= 0.3 is 0 Å². The highest BCUT2D eigenvalue weighted by atomic mass is 19.1. The van der Waals surface area contributed by atoms with Gasteiger partial charge in [0.1, 0.15) is 17.2 Å². The molecule has 1 aromatic carbocycles. The fourth-order valence-electron chi connectivity index (χ4n) is 3.60. The standard InChI is InChI=1S/C19H23F2N3O4/c1-28-10-9-24-12-13(11-16(24)25)18(26)22-5-7-23(8-6-22)19(27)17-14(20)3-2-4-15(17)21/h2-4,13H,5-12H2,1H3. The summed E-state index contributed by atoms with van der Waals surface area (Å²) in [6.07, 6.45) is 0.169. The number of benzene rings is 1. The zero-order valence-electron chi connectivity index (χ0n) is 15.7. The zero-order chi connectivity index (χ0) is 20.3. The Labute approximate surface area is 161 Å². The number of hydrogen-bond acceptors (Lipinski definition) is 4. The minimum absolute atomic E-state index is 0.0701. The Kier molecular flexibility index (Phi) is 6.23. The molecule has 2 aliphatic rings. The Morgan fingerprint density at radius 2 is 1.71 bits per heavy atom. The molecule has 0 radical (unpaired) electrons. The lowest BCUT2D eigenvalue weighted by molar-refractivity contribution is -0.137. The van der Waals surface area contributed by atoms with Crippen LogP contribution in [-0.2, 0) is 14.3 Å². The highest BCUT2D eigenvalue weighted by Crippen LogP contribution is 2.22. The molecular weight excluding hydrogens is 372 g/mol. The molecule has 0 aliphatic carbocycles. The summed E-state index contributed by atoms with van der Waals surface area (Å²) in [5.41, 5.74) is -0.572. The van der Waals surface area contributed by atoms with Gasteiger partial charge in [-0.25, -0.2) is 8.78 Å². The van der Waals surface area contributed by atoms with Crippen LogP contribution >= 0.6 is 0 Å². The van der Waals surface area contributed by atoms with Crippen molar-refractivity contribution in [1.29, 1.82) is 0 Å². The van der Waals surface area contributed by atoms with Crippen molar-refractivity contribution in [2.24, 2.45) is 5.92 Å². The first-order valence-electron chi connectivity index (χ1n) is 9.21. The zero-order valence-corrected chi connectivity index (χ0v) is 15.7. The van der Waals surface area contributed by atoms with Crippen LogP contribution in [0.15, 0.2) is 18.2 Å². The first kappa shape index (κ1) is 20.2. The van der Waals surface area contributed by atoms with E-state index in [2.05, 4.69) is 0 Å². The van der Waals surface area contributed by atoms with Gasteiger partial charge in [0.05, 0.1) is 12.5 Å². The van der Waals surface area contributed by atoms with Gasteiger partial charge in [0.2, 0.25) is 11.8 Å². The van der Waals surface area contributed by atoms with Gasteiger partial charge < -0.3 is 19.4 Å². The van der Waals surface area contributed by atoms with E-state index in [-0.39, 0.29) is 44.4 Å². The number of methoxy groups -OCH3 is 1. The maximum absolute atomic E-state index is 13.8. The monoisotopic (exact) mass is 395 g/mol. The summed E-state index contributed by atoms with van der Waals surface area (Å²) >= 11 is 0. The van der Waals surface area contributed by atoms with Gasteiger partial charge in [-0.2, -0.15) is 0 Å². The third kappa shape index (κ3) is 4.14. The largest absolute Gasteiger partial charge is 0.383 e. The van der Waals surface area contributed by atoms with E-state index in [0.717, 1.165) is 12.1 Å². The maximum Gasteiger partial charge on any atom is 0.259 e. The van der Waals surface area contributed by atoms with Crippen molar-refractivity contribution in [1.82, 2.24) is 14.7 Å². The molecule has 0 N–H and O–H groups in total. The number of amides is 3. The lowest BCUT2D eigenvalue weighted by atomic mass is 10.1. The van der Waals surface area contributed by atoms with Crippen LogP contribution in [0.3, 0.4) is 0 Å². The van der Waals surface area contributed by atoms with Gasteiger partial charge in [-0.1, -0.05) is 6.07 Å². The number of ether oxygens (including phenoxy) is 1. The van der Waals surface area contributed by atoms with Crippen LogP contribution in [0.1, 0.15) is 16.8 Å². The van der Waals surface area contributed by atoms with Crippen LogP contribution in [0.5, 0.6) is 0 Å². The third-order valence-electron chi connectivity index (χ3n) is 5.18. The van der Waals surface area contributed by atoms with Crippen molar-refractivity contribution < 1.29 is 27.9 Å². The van der Waals surface area contributed by atoms with E-state index in [4.69, 9.17) is 4.74 Å². The quantitative estimate of drug-likeness (QED) is 0.738. The summed E-state index contributed by atoms with van der Waals surface area (Å²) in [6.45, 7) is 2.14. The van der Waals surface area contributed by atoms with Gasteiger partial charge in [-0.3, -0.25) is 14.4 Å². The number of likely N-dealkylation sites (tertiary alicyclic amines) is 1. The molecule has 28 heavy (non-hydrogen) atoms. The van der Waals surface area contributed by atoms with Crippen LogP contribution < -0.4 is 0 Å². The predicted molar refractivity (Wildman–Crippen MR) is 95.4 cm³/mol. The Morgan fingerprint density at radius 1 is 1.11 bits per heavy atom. The van der Waals surface area contributed by atoms with Crippen LogP contribution in [0.4, 0.5) is 8.78 Å². The summed E-state index contributed by atoms with van der Waals surface area (Å²) in [6, 6.07) is 3.29. The topological polar surface area (TPSA) is 70.2 Å². The molecular formula is C19H23F2N3O4. The van der Waals surface area contributed by atoms with E-state index < -0.39 is 29.0 Å². The van der Waals surface area contributed by atoms with E-state index in [1.807, 2.05) is 0 Å². The first-order valence-corrected chi connectivity index (χ1v) is 9.21. The van der Waals surface area contributed by atoms with Gasteiger partial charge in [0.15, 0.2) is 0 Å². The molecule has 0 saturated carbocycles. The molecule has 1 atom stereocenters. The van der Waals surface area contributed by atoms with Crippen molar-refractivity contribution in [3.63, 3.8) is 0 Å². The minimum atomic E-state index is -0.899. The second kappa shape index (κ2) is 8.64. The van der Waals surface area contributed by atoms with Gasteiger partial charge in [0.25, 0.3) is 5.91 Å². The van der Waals surface area contributed by atoms with E-state index in [1.54, 1.807) is 16.9 Å². The molecule has 0 aromatic heterocycles. The number of carbonyl (C=O) groups excluding carboxylic acids is 3. The molecule has 0 bridgehead atoms. The van der Waals surface area contributed by atoms with Crippen molar-refractivity contribution in [2.75, 3.05) is 53.0 Å². The second-order valence-corrected chi connectivity index (χ2v) is 6.95. The van der Waals surface area contributed by atoms with Crippen LogP contribution in [0, 0.1) is 17.6 Å². The van der Waals surface area contributed by atoms with Crippen LogP contribution in [0.25, 0.3) is 0 Å². The van der Waals surface area contributed by atoms with Gasteiger partial charge in [-0.15, -0.1) is 0 Å². The van der Waals surface area contributed by atoms with Crippen LogP contribution in [0.2, 0.25) is 0 Å². The number of hydrogen-bond donors (Lipinski definition) is 0.